The predicted molar refractivity (Wildman–Crippen MR) is 224 cm³/mol. The van der Waals surface area contributed by atoms with Crippen molar-refractivity contribution in [2.75, 3.05) is 10.6 Å². The van der Waals surface area contributed by atoms with E-state index >= 15 is 0 Å². The Kier molecular flexibility index (Phi) is 13.9. The fraction of sp³-hybridized carbons (Fsp3) is 0.300. The van der Waals surface area contributed by atoms with Gasteiger partial charge >= 0.3 is 0 Å². The number of carbonyl (C=O) groups excluding carboxylic acids is 2. The van der Waals surface area contributed by atoms with E-state index in [9.17, 15) is 9.59 Å². The summed E-state index contributed by atoms with van der Waals surface area (Å²) >= 11 is 0. The van der Waals surface area contributed by atoms with Crippen LogP contribution in [0.4, 0.5) is 11.4 Å². The zero-order chi connectivity index (χ0) is 35.0. The summed E-state index contributed by atoms with van der Waals surface area (Å²) in [4.78, 5) is 41.4. The lowest BCUT2D eigenvalue weighted by molar-refractivity contribution is 0.101. The van der Waals surface area contributed by atoms with Crippen LogP contribution in [0.1, 0.15) is 119 Å². The molecule has 4 aliphatic carbocycles. The fourth-order valence-electron chi connectivity index (χ4n) is 6.27. The largest absolute Gasteiger partial charge is 0.321 e. The van der Waals surface area contributed by atoms with E-state index in [1.807, 2.05) is 33.6 Å². The number of hydrogen-bond donors (Lipinski definition) is 2. The molecule has 6 aromatic heterocycles. The van der Waals surface area contributed by atoms with Crippen LogP contribution >= 0.6 is 49.6 Å². The molecular weight excluding hydrogens is 794 g/mol. The van der Waals surface area contributed by atoms with Gasteiger partial charge in [-0.05, 0) is 112 Å². The van der Waals surface area contributed by atoms with Gasteiger partial charge in [0.05, 0.1) is 40.7 Å². The summed E-state index contributed by atoms with van der Waals surface area (Å²) in [5.74, 6) is 3.74. The highest BCUT2D eigenvalue weighted by Crippen LogP contribution is 2.46. The van der Waals surface area contributed by atoms with E-state index in [-0.39, 0.29) is 61.4 Å². The third-order valence-electron chi connectivity index (χ3n) is 9.81. The lowest BCUT2D eigenvalue weighted by Crippen LogP contribution is -2.12. The van der Waals surface area contributed by atoms with Gasteiger partial charge in [0, 0.05) is 65.4 Å². The highest BCUT2D eigenvalue weighted by molar-refractivity contribution is 6.04. The van der Waals surface area contributed by atoms with Crippen LogP contribution in [0.3, 0.4) is 0 Å². The van der Waals surface area contributed by atoms with E-state index in [1.54, 1.807) is 61.4 Å². The van der Waals surface area contributed by atoms with Crippen molar-refractivity contribution in [3.8, 4) is 11.6 Å². The number of halogens is 4. The highest BCUT2D eigenvalue weighted by Gasteiger charge is 2.34. The maximum absolute atomic E-state index is 12.2. The van der Waals surface area contributed by atoms with Crippen molar-refractivity contribution < 1.29 is 9.59 Å². The van der Waals surface area contributed by atoms with Gasteiger partial charge in [0.15, 0.2) is 11.6 Å². The number of aromatic nitrogens is 8. The molecule has 16 heteroatoms. The molecule has 6 aromatic rings. The average Bonchev–Trinajstić information content (AvgIpc) is 3.98. The Hall–Kier alpha value is -4.88. The molecule has 4 saturated carbocycles. The molecule has 0 spiro atoms. The molecule has 12 nitrogen and oxygen atoms in total. The van der Waals surface area contributed by atoms with Crippen LogP contribution in [0, 0.1) is 0 Å². The van der Waals surface area contributed by atoms with Crippen LogP contribution in [0.15, 0.2) is 97.8 Å². The minimum absolute atomic E-state index is 0. The number of nitrogens with one attached hydrogen (secondary N) is 2. The topological polar surface area (TPSA) is 145 Å². The van der Waals surface area contributed by atoms with Gasteiger partial charge in [0.25, 0.3) is 11.8 Å². The first kappa shape index (κ1) is 42.3. The van der Waals surface area contributed by atoms with E-state index in [0.717, 1.165) is 11.6 Å². The Bertz CT molecular complexity index is 2060. The van der Waals surface area contributed by atoms with Crippen molar-refractivity contribution >= 4 is 72.8 Å². The molecule has 0 unspecified atom stereocenters. The van der Waals surface area contributed by atoms with Crippen molar-refractivity contribution in [3.63, 3.8) is 0 Å². The second-order valence-electron chi connectivity index (χ2n) is 14.1. The maximum atomic E-state index is 12.2. The fourth-order valence-corrected chi connectivity index (χ4v) is 6.27. The molecule has 2 N–H and O–H groups in total. The van der Waals surface area contributed by atoms with E-state index in [0.29, 0.717) is 46.2 Å². The first-order valence-electron chi connectivity index (χ1n) is 18.1. The van der Waals surface area contributed by atoms with Crippen molar-refractivity contribution in [3.05, 3.63) is 132 Å². The van der Waals surface area contributed by atoms with Crippen LogP contribution in [-0.2, 0) is 0 Å². The first-order chi connectivity index (χ1) is 25.6. The highest BCUT2D eigenvalue weighted by atomic mass is 35.5. The van der Waals surface area contributed by atoms with Gasteiger partial charge < -0.3 is 10.6 Å². The van der Waals surface area contributed by atoms with E-state index in [2.05, 4.69) is 42.7 Å². The summed E-state index contributed by atoms with van der Waals surface area (Å²) in [7, 11) is 0. The maximum Gasteiger partial charge on any atom is 0.257 e. The van der Waals surface area contributed by atoms with Crippen molar-refractivity contribution in [2.45, 2.75) is 75.0 Å². The Balaban J connectivity index is 0.000000200. The Labute approximate surface area is 349 Å². The standard InChI is InChI=1S/2C20H19N5O.4ClH/c26-20(15-7-9-21-10-8-15)23-16-5-6-19(22-12-16)25-18(14-3-4-14)11-17(24-25)13-1-2-13;26-20(15-2-1-9-21-11-15)23-16-7-8-19(22-12-16)25-18(14-5-6-14)10-17(24-25)13-3-4-13;;;;/h5-14H,1-4H2,(H,23,26);1-2,7-14H,3-6H2,(H,23,26);4*1H. The molecule has 4 aliphatic rings. The van der Waals surface area contributed by atoms with Crippen LogP contribution in [0.25, 0.3) is 11.6 Å². The van der Waals surface area contributed by atoms with Crippen molar-refractivity contribution in [2.24, 2.45) is 0 Å². The van der Waals surface area contributed by atoms with Gasteiger partial charge in [0.1, 0.15) is 0 Å². The summed E-state index contributed by atoms with van der Waals surface area (Å²) in [5.41, 5.74) is 7.35. The Morgan fingerprint density at radius 3 is 1.38 bits per heavy atom. The Morgan fingerprint density at radius 1 is 0.518 bits per heavy atom. The SMILES string of the molecule is Cl.Cl.Cl.Cl.O=C(Nc1ccc(-n2nc(C3CC3)cc2C2CC2)nc1)c1cccnc1.O=C(Nc1ccc(-n2nc(C3CC3)cc2C2CC2)nc1)c1ccncc1. The van der Waals surface area contributed by atoms with E-state index < -0.39 is 0 Å². The third-order valence-corrected chi connectivity index (χ3v) is 9.81. The molecule has 0 radical (unpaired) electrons. The molecule has 0 aromatic carbocycles. The van der Waals surface area contributed by atoms with Gasteiger partial charge in [0.2, 0.25) is 0 Å². The normalized spacial score (nSPS) is 15.3. The minimum atomic E-state index is -0.193. The molecule has 56 heavy (non-hydrogen) atoms. The molecule has 0 saturated heterocycles. The predicted octanol–water partition coefficient (Wildman–Crippen LogP) is 9.03. The smallest absolute Gasteiger partial charge is 0.257 e. The molecule has 0 bridgehead atoms. The number of pyridine rings is 4. The zero-order valence-corrected chi connectivity index (χ0v) is 33.5. The molecule has 2 amide bonds. The molecule has 4 fully saturated rings. The summed E-state index contributed by atoms with van der Waals surface area (Å²) in [6, 6.07) is 18.9. The lowest BCUT2D eigenvalue weighted by Gasteiger charge is -2.08. The number of anilines is 2. The quantitative estimate of drug-likeness (QED) is 0.139. The molecule has 292 valence electrons. The summed E-state index contributed by atoms with van der Waals surface area (Å²) < 4.78 is 3.97. The summed E-state index contributed by atoms with van der Waals surface area (Å²) in [6.45, 7) is 0. The second-order valence-corrected chi connectivity index (χ2v) is 14.1. The van der Waals surface area contributed by atoms with E-state index in [1.165, 1.54) is 74.1 Å². The number of nitrogens with zero attached hydrogens (tertiary/aromatic N) is 8. The monoisotopic (exact) mass is 834 g/mol. The number of hydrogen-bond acceptors (Lipinski definition) is 8. The Morgan fingerprint density at radius 2 is 0.982 bits per heavy atom. The summed E-state index contributed by atoms with van der Waals surface area (Å²) in [5, 5.41) is 15.3. The van der Waals surface area contributed by atoms with Crippen LogP contribution in [0.5, 0.6) is 0 Å². The lowest BCUT2D eigenvalue weighted by atomic mass is 10.2. The van der Waals surface area contributed by atoms with Crippen molar-refractivity contribution in [1.29, 1.82) is 0 Å². The third kappa shape index (κ3) is 9.91. The van der Waals surface area contributed by atoms with Gasteiger partial charge in [-0.3, -0.25) is 19.6 Å². The van der Waals surface area contributed by atoms with Crippen LogP contribution in [-0.4, -0.2) is 51.3 Å². The van der Waals surface area contributed by atoms with Gasteiger partial charge in [-0.15, -0.1) is 49.6 Å². The summed E-state index contributed by atoms with van der Waals surface area (Å²) in [6.07, 6.45) is 19.7. The second kappa shape index (κ2) is 18.4. The zero-order valence-electron chi connectivity index (χ0n) is 30.2. The number of carbonyl (C=O) groups is 2. The molecule has 6 heterocycles. The molecule has 0 aliphatic heterocycles. The van der Waals surface area contributed by atoms with Crippen LogP contribution < -0.4 is 10.6 Å². The van der Waals surface area contributed by atoms with Gasteiger partial charge in [-0.25, -0.2) is 19.3 Å². The van der Waals surface area contributed by atoms with Crippen LogP contribution in [0.2, 0.25) is 0 Å². The van der Waals surface area contributed by atoms with Gasteiger partial charge in [-0.1, -0.05) is 0 Å². The number of amides is 2. The van der Waals surface area contributed by atoms with Gasteiger partial charge in [-0.2, -0.15) is 10.2 Å². The molecule has 10 rings (SSSR count). The van der Waals surface area contributed by atoms with Crippen molar-refractivity contribution in [1.82, 2.24) is 39.5 Å². The molecular formula is C40H42Cl4N10O2. The minimum Gasteiger partial charge on any atom is -0.321 e. The average molecular weight is 837 g/mol. The number of rotatable bonds is 10. The van der Waals surface area contributed by atoms with E-state index in [4.69, 9.17) is 10.2 Å². The first-order valence-corrected chi connectivity index (χ1v) is 18.1. The molecule has 0 atom stereocenters.